The van der Waals surface area contributed by atoms with Gasteiger partial charge in [0.15, 0.2) is 0 Å². The van der Waals surface area contributed by atoms with Crippen molar-refractivity contribution in [1.82, 2.24) is 0 Å². The molecule has 0 aliphatic heterocycles. The van der Waals surface area contributed by atoms with Crippen LogP contribution in [0.3, 0.4) is 0 Å². The molecule has 0 fully saturated rings. The molecule has 0 atom stereocenters. The lowest BCUT2D eigenvalue weighted by Gasteiger charge is -2.09. The fourth-order valence-electron chi connectivity index (χ4n) is 0.945. The van der Waals surface area contributed by atoms with Crippen LogP contribution >= 0.6 is 0 Å². The molecule has 3 N–H and O–H groups in total. The first-order valence-electron chi connectivity index (χ1n) is 4.31. The summed E-state index contributed by atoms with van der Waals surface area (Å²) in [5.74, 6) is -1.91. The van der Waals surface area contributed by atoms with Crippen LogP contribution in [-0.4, -0.2) is 17.0 Å². The summed E-state index contributed by atoms with van der Waals surface area (Å²) in [6.07, 6.45) is -4.54. The molecule has 1 aromatic carbocycles. The summed E-state index contributed by atoms with van der Waals surface area (Å²) in [5, 5.41) is 7.42. The molecule has 0 aliphatic rings. The average Bonchev–Trinajstić information content (AvgIpc) is 2.15. The number of carbonyl (C=O) groups excluding carboxylic acids is 1. The summed E-state index contributed by atoms with van der Waals surface area (Å²) in [6.45, 7) is 1.08. The SMILES string of the molecule is CC(=O)O.NC(=O)c1ccccc1C(F)(F)F. The van der Waals surface area contributed by atoms with E-state index >= 15 is 0 Å². The van der Waals surface area contributed by atoms with Gasteiger partial charge in [-0.25, -0.2) is 0 Å². The first kappa shape index (κ1) is 15.0. The standard InChI is InChI=1S/C8H6F3NO.C2H4O2/c9-8(10,11)6-4-2-1-3-5(6)7(12)13;1-2(3)4/h1-4H,(H2,12,13);1H3,(H,3,4). The van der Waals surface area contributed by atoms with E-state index in [1.54, 1.807) is 0 Å². The average molecular weight is 249 g/mol. The molecule has 0 bridgehead atoms. The number of aliphatic carboxylic acids is 1. The quantitative estimate of drug-likeness (QED) is 0.797. The summed E-state index contributed by atoms with van der Waals surface area (Å²) in [5.41, 5.74) is 3.27. The van der Waals surface area contributed by atoms with Crippen LogP contribution in [0, 0.1) is 0 Å². The predicted octanol–water partition coefficient (Wildman–Crippen LogP) is 1.90. The van der Waals surface area contributed by atoms with E-state index in [1.165, 1.54) is 12.1 Å². The van der Waals surface area contributed by atoms with Crippen LogP contribution in [0.25, 0.3) is 0 Å². The summed E-state index contributed by atoms with van der Waals surface area (Å²) in [6, 6.07) is 4.40. The molecule has 1 amide bonds. The maximum atomic E-state index is 12.2. The fraction of sp³-hybridized carbons (Fsp3) is 0.200. The van der Waals surface area contributed by atoms with E-state index in [0.29, 0.717) is 0 Å². The van der Waals surface area contributed by atoms with Crippen LogP contribution in [0.4, 0.5) is 13.2 Å². The summed E-state index contributed by atoms with van der Waals surface area (Å²) < 4.78 is 36.6. The summed E-state index contributed by atoms with van der Waals surface area (Å²) >= 11 is 0. The molecule has 1 aromatic rings. The van der Waals surface area contributed by atoms with Crippen LogP contribution in [0.5, 0.6) is 0 Å². The second kappa shape index (κ2) is 5.88. The first-order valence-corrected chi connectivity index (χ1v) is 4.31. The van der Waals surface area contributed by atoms with Crippen molar-refractivity contribution in [2.75, 3.05) is 0 Å². The van der Waals surface area contributed by atoms with Crippen molar-refractivity contribution in [3.63, 3.8) is 0 Å². The number of carboxylic acids is 1. The molecule has 4 nitrogen and oxygen atoms in total. The normalized spacial score (nSPS) is 10.1. The zero-order valence-corrected chi connectivity index (χ0v) is 8.78. The molecule has 0 aliphatic carbocycles. The summed E-state index contributed by atoms with van der Waals surface area (Å²) in [4.78, 5) is 19.6. The second-order valence-corrected chi connectivity index (χ2v) is 2.93. The Morgan fingerprint density at radius 1 is 1.24 bits per heavy atom. The minimum Gasteiger partial charge on any atom is -0.481 e. The van der Waals surface area contributed by atoms with Gasteiger partial charge in [-0.05, 0) is 12.1 Å². The van der Waals surface area contributed by atoms with Crippen LogP contribution in [0.2, 0.25) is 0 Å². The number of carboxylic acid groups (broad SMARTS) is 1. The van der Waals surface area contributed by atoms with Crippen molar-refractivity contribution >= 4 is 11.9 Å². The van der Waals surface area contributed by atoms with E-state index in [9.17, 15) is 18.0 Å². The third-order valence-corrected chi connectivity index (χ3v) is 1.50. The molecule has 0 spiro atoms. The third-order valence-electron chi connectivity index (χ3n) is 1.50. The number of primary amides is 1. The lowest BCUT2D eigenvalue weighted by Crippen LogP contribution is -2.18. The molecule has 7 heteroatoms. The van der Waals surface area contributed by atoms with Crippen molar-refractivity contribution in [2.24, 2.45) is 5.73 Å². The van der Waals surface area contributed by atoms with Gasteiger partial charge >= 0.3 is 6.18 Å². The smallest absolute Gasteiger partial charge is 0.417 e. The van der Waals surface area contributed by atoms with Gasteiger partial charge in [-0.3, -0.25) is 9.59 Å². The number of alkyl halides is 3. The van der Waals surface area contributed by atoms with Gasteiger partial charge in [0.2, 0.25) is 5.91 Å². The van der Waals surface area contributed by atoms with Crippen molar-refractivity contribution in [3.05, 3.63) is 35.4 Å². The number of carbonyl (C=O) groups is 2. The minimum absolute atomic E-state index is 0.505. The van der Waals surface area contributed by atoms with E-state index in [0.717, 1.165) is 19.1 Å². The number of hydrogen-bond acceptors (Lipinski definition) is 2. The first-order chi connectivity index (χ1) is 7.66. The number of rotatable bonds is 1. The molecular weight excluding hydrogens is 239 g/mol. The van der Waals surface area contributed by atoms with Crippen molar-refractivity contribution in [2.45, 2.75) is 13.1 Å². The molecule has 0 saturated carbocycles. The highest BCUT2D eigenvalue weighted by molar-refractivity contribution is 5.94. The summed E-state index contributed by atoms with van der Waals surface area (Å²) in [7, 11) is 0. The largest absolute Gasteiger partial charge is 0.481 e. The van der Waals surface area contributed by atoms with Gasteiger partial charge in [-0.1, -0.05) is 12.1 Å². The molecular formula is C10H10F3NO3. The van der Waals surface area contributed by atoms with Crippen molar-refractivity contribution in [3.8, 4) is 0 Å². The topological polar surface area (TPSA) is 80.4 Å². The number of amides is 1. The Bertz CT molecular complexity index is 412. The van der Waals surface area contributed by atoms with E-state index < -0.39 is 29.2 Å². The molecule has 0 aromatic heterocycles. The van der Waals surface area contributed by atoms with Gasteiger partial charge in [-0.15, -0.1) is 0 Å². The third kappa shape index (κ3) is 5.55. The Hall–Kier alpha value is -2.05. The Morgan fingerprint density at radius 2 is 1.65 bits per heavy atom. The van der Waals surface area contributed by atoms with Crippen molar-refractivity contribution < 1.29 is 27.9 Å². The molecule has 17 heavy (non-hydrogen) atoms. The Balaban J connectivity index is 0.000000557. The molecule has 0 saturated heterocycles. The highest BCUT2D eigenvalue weighted by atomic mass is 19.4. The number of hydrogen-bond donors (Lipinski definition) is 2. The number of benzene rings is 1. The highest BCUT2D eigenvalue weighted by Crippen LogP contribution is 2.31. The van der Waals surface area contributed by atoms with Crippen LogP contribution in [0.15, 0.2) is 24.3 Å². The molecule has 94 valence electrons. The second-order valence-electron chi connectivity index (χ2n) is 2.93. The zero-order valence-electron chi connectivity index (χ0n) is 8.78. The maximum absolute atomic E-state index is 12.2. The van der Waals surface area contributed by atoms with Gasteiger partial charge in [0, 0.05) is 6.92 Å². The number of nitrogens with two attached hydrogens (primary N) is 1. The Morgan fingerprint density at radius 3 is 1.94 bits per heavy atom. The van der Waals surface area contributed by atoms with Crippen LogP contribution in [-0.2, 0) is 11.0 Å². The van der Waals surface area contributed by atoms with Gasteiger partial charge in [0.05, 0.1) is 11.1 Å². The van der Waals surface area contributed by atoms with Crippen LogP contribution < -0.4 is 5.73 Å². The number of halogens is 3. The molecule has 1 rings (SSSR count). The van der Waals surface area contributed by atoms with E-state index in [1.807, 2.05) is 0 Å². The lowest BCUT2D eigenvalue weighted by molar-refractivity contribution is -0.138. The predicted molar refractivity (Wildman–Crippen MR) is 53.3 cm³/mol. The van der Waals surface area contributed by atoms with Crippen molar-refractivity contribution in [1.29, 1.82) is 0 Å². The van der Waals surface area contributed by atoms with Gasteiger partial charge in [0.25, 0.3) is 5.97 Å². The monoisotopic (exact) mass is 249 g/mol. The zero-order chi connectivity index (χ0) is 13.6. The fourth-order valence-corrected chi connectivity index (χ4v) is 0.945. The van der Waals surface area contributed by atoms with E-state index in [4.69, 9.17) is 15.6 Å². The Labute approximate surface area is 94.9 Å². The van der Waals surface area contributed by atoms with Gasteiger partial charge < -0.3 is 10.8 Å². The lowest BCUT2D eigenvalue weighted by atomic mass is 10.1. The van der Waals surface area contributed by atoms with Crippen LogP contribution in [0.1, 0.15) is 22.8 Å². The molecule has 0 heterocycles. The molecule has 0 unspecified atom stereocenters. The highest BCUT2D eigenvalue weighted by Gasteiger charge is 2.34. The Kier molecular flexibility index (Phi) is 5.17. The van der Waals surface area contributed by atoms with Gasteiger partial charge in [-0.2, -0.15) is 13.2 Å². The maximum Gasteiger partial charge on any atom is 0.417 e. The molecule has 0 radical (unpaired) electrons. The van der Waals surface area contributed by atoms with Gasteiger partial charge in [0.1, 0.15) is 0 Å². The van der Waals surface area contributed by atoms with E-state index in [2.05, 4.69) is 0 Å². The van der Waals surface area contributed by atoms with E-state index in [-0.39, 0.29) is 0 Å². The minimum atomic E-state index is -4.54.